The summed E-state index contributed by atoms with van der Waals surface area (Å²) in [6, 6.07) is 17.0. The molecule has 0 aliphatic heterocycles. The fourth-order valence-electron chi connectivity index (χ4n) is 2.79. The average Bonchev–Trinajstić information content (AvgIpc) is 2.84. The summed E-state index contributed by atoms with van der Waals surface area (Å²) >= 11 is 0. The van der Waals surface area contributed by atoms with E-state index in [0.717, 1.165) is 6.42 Å². The molecule has 0 fully saturated rings. The number of hydrazone groups is 1. The van der Waals surface area contributed by atoms with Crippen LogP contribution in [0.2, 0.25) is 0 Å². The molecule has 1 N–H and O–H groups in total. The van der Waals surface area contributed by atoms with Crippen LogP contribution in [0.1, 0.15) is 39.6 Å². The number of esters is 1. The van der Waals surface area contributed by atoms with Crippen LogP contribution in [0.3, 0.4) is 0 Å². The predicted molar refractivity (Wildman–Crippen MR) is 122 cm³/mol. The Balaban J connectivity index is 1.64. The first-order chi connectivity index (χ1) is 16.0. The van der Waals surface area contributed by atoms with Crippen molar-refractivity contribution < 1.29 is 28.2 Å². The number of hydrogen-bond acceptors (Lipinski definition) is 6. The molecular formula is C25H23FN2O5. The molecule has 0 aromatic heterocycles. The highest BCUT2D eigenvalue weighted by Crippen LogP contribution is 2.28. The topological polar surface area (TPSA) is 86.2 Å². The van der Waals surface area contributed by atoms with Gasteiger partial charge in [-0.25, -0.2) is 14.6 Å². The second-order valence-corrected chi connectivity index (χ2v) is 6.85. The number of benzene rings is 3. The number of rotatable bonds is 9. The summed E-state index contributed by atoms with van der Waals surface area (Å²) in [7, 11) is 1.44. The molecule has 0 unspecified atom stereocenters. The van der Waals surface area contributed by atoms with Crippen LogP contribution >= 0.6 is 0 Å². The minimum Gasteiger partial charge on any atom is -0.494 e. The molecule has 0 atom stereocenters. The number of amides is 1. The minimum absolute atomic E-state index is 0.112. The maximum absolute atomic E-state index is 13.7. The van der Waals surface area contributed by atoms with Gasteiger partial charge >= 0.3 is 5.97 Å². The molecule has 0 aliphatic carbocycles. The fourth-order valence-corrected chi connectivity index (χ4v) is 2.79. The normalized spacial score (nSPS) is 10.6. The lowest BCUT2D eigenvalue weighted by atomic mass is 10.2. The van der Waals surface area contributed by atoms with Crippen molar-refractivity contribution in [2.75, 3.05) is 13.7 Å². The van der Waals surface area contributed by atoms with Crippen molar-refractivity contribution >= 4 is 18.1 Å². The number of nitrogens with zero attached hydrogens (tertiary/aromatic N) is 1. The number of halogens is 1. The van der Waals surface area contributed by atoms with Crippen LogP contribution in [-0.4, -0.2) is 31.8 Å². The van der Waals surface area contributed by atoms with Crippen LogP contribution in [-0.2, 0) is 0 Å². The average molecular weight is 450 g/mol. The van der Waals surface area contributed by atoms with Gasteiger partial charge in [0.25, 0.3) is 5.91 Å². The third-order valence-corrected chi connectivity index (χ3v) is 4.45. The van der Waals surface area contributed by atoms with E-state index in [1.165, 1.54) is 31.5 Å². The fraction of sp³-hybridized carbons (Fsp3) is 0.160. The molecule has 0 saturated carbocycles. The smallest absolute Gasteiger partial charge is 0.343 e. The van der Waals surface area contributed by atoms with Crippen molar-refractivity contribution in [3.8, 4) is 17.2 Å². The first kappa shape index (κ1) is 23.5. The third kappa shape index (κ3) is 6.39. The quantitative estimate of drug-likeness (QED) is 0.223. The summed E-state index contributed by atoms with van der Waals surface area (Å²) in [5.41, 5.74) is 3.08. The minimum atomic E-state index is -0.673. The Bertz CT molecular complexity index is 1150. The van der Waals surface area contributed by atoms with Gasteiger partial charge in [-0.3, -0.25) is 4.79 Å². The van der Waals surface area contributed by atoms with E-state index < -0.39 is 17.7 Å². The van der Waals surface area contributed by atoms with E-state index in [1.807, 2.05) is 6.92 Å². The van der Waals surface area contributed by atoms with Gasteiger partial charge in [-0.05, 0) is 66.6 Å². The van der Waals surface area contributed by atoms with Crippen molar-refractivity contribution in [3.63, 3.8) is 0 Å². The molecule has 0 bridgehead atoms. The zero-order valence-electron chi connectivity index (χ0n) is 18.2. The van der Waals surface area contributed by atoms with E-state index in [9.17, 15) is 14.0 Å². The first-order valence-corrected chi connectivity index (χ1v) is 10.2. The Morgan fingerprint density at radius 1 is 1.03 bits per heavy atom. The van der Waals surface area contributed by atoms with Crippen LogP contribution in [0.4, 0.5) is 4.39 Å². The van der Waals surface area contributed by atoms with Crippen molar-refractivity contribution in [1.29, 1.82) is 0 Å². The summed E-state index contributed by atoms with van der Waals surface area (Å²) in [4.78, 5) is 24.5. The Morgan fingerprint density at radius 3 is 2.48 bits per heavy atom. The van der Waals surface area contributed by atoms with Crippen molar-refractivity contribution in [3.05, 3.63) is 89.2 Å². The Morgan fingerprint density at radius 2 is 1.79 bits per heavy atom. The Labute approximate surface area is 190 Å². The van der Waals surface area contributed by atoms with E-state index in [0.29, 0.717) is 29.2 Å². The zero-order valence-corrected chi connectivity index (χ0v) is 18.2. The van der Waals surface area contributed by atoms with Crippen molar-refractivity contribution in [1.82, 2.24) is 5.43 Å². The van der Waals surface area contributed by atoms with Crippen LogP contribution in [0.5, 0.6) is 17.2 Å². The summed E-state index contributed by atoms with van der Waals surface area (Å²) in [5, 5.41) is 3.84. The molecule has 0 heterocycles. The van der Waals surface area contributed by atoms with Gasteiger partial charge in [0.1, 0.15) is 11.6 Å². The second-order valence-electron chi connectivity index (χ2n) is 6.85. The van der Waals surface area contributed by atoms with Gasteiger partial charge in [0.2, 0.25) is 0 Å². The van der Waals surface area contributed by atoms with Crippen LogP contribution in [0.15, 0.2) is 71.8 Å². The SMILES string of the molecule is CCCOc1ccc(C(=O)Oc2ccc(/C=N\NC(=O)c3ccccc3F)cc2OC)cc1. The highest BCUT2D eigenvalue weighted by Gasteiger charge is 2.13. The maximum Gasteiger partial charge on any atom is 0.343 e. The van der Waals surface area contributed by atoms with Gasteiger partial charge in [-0.1, -0.05) is 19.1 Å². The number of hydrogen-bond donors (Lipinski definition) is 1. The predicted octanol–water partition coefficient (Wildman–Crippen LogP) is 4.61. The molecular weight excluding hydrogens is 427 g/mol. The largest absolute Gasteiger partial charge is 0.494 e. The lowest BCUT2D eigenvalue weighted by Gasteiger charge is -2.10. The third-order valence-electron chi connectivity index (χ3n) is 4.45. The van der Waals surface area contributed by atoms with Gasteiger partial charge in [-0.15, -0.1) is 0 Å². The first-order valence-electron chi connectivity index (χ1n) is 10.2. The number of carbonyl (C=O) groups excluding carboxylic acids is 2. The second kappa shape index (κ2) is 11.4. The highest BCUT2D eigenvalue weighted by molar-refractivity contribution is 5.95. The van der Waals surface area contributed by atoms with Gasteiger partial charge in [0.05, 0.1) is 31.1 Å². The lowest BCUT2D eigenvalue weighted by molar-refractivity contribution is 0.0729. The molecule has 7 nitrogen and oxygen atoms in total. The molecule has 0 spiro atoms. The van der Waals surface area contributed by atoms with Gasteiger partial charge in [0.15, 0.2) is 11.5 Å². The lowest BCUT2D eigenvalue weighted by Crippen LogP contribution is -2.18. The molecule has 170 valence electrons. The molecule has 3 rings (SSSR count). The summed E-state index contributed by atoms with van der Waals surface area (Å²) in [5.74, 6) is -0.656. The van der Waals surface area contributed by atoms with Gasteiger partial charge < -0.3 is 14.2 Å². The summed E-state index contributed by atoms with van der Waals surface area (Å²) in [6.07, 6.45) is 2.25. The monoisotopic (exact) mass is 450 g/mol. The molecule has 0 aliphatic rings. The highest BCUT2D eigenvalue weighted by atomic mass is 19.1. The van der Waals surface area contributed by atoms with E-state index in [1.54, 1.807) is 48.5 Å². The van der Waals surface area contributed by atoms with Gasteiger partial charge in [-0.2, -0.15) is 5.10 Å². The summed E-state index contributed by atoms with van der Waals surface area (Å²) < 4.78 is 29.9. The molecule has 3 aromatic carbocycles. The summed E-state index contributed by atoms with van der Waals surface area (Å²) in [6.45, 7) is 2.61. The van der Waals surface area contributed by atoms with Gasteiger partial charge in [0, 0.05) is 0 Å². The molecule has 0 radical (unpaired) electrons. The van der Waals surface area contributed by atoms with E-state index in [2.05, 4.69) is 10.5 Å². The molecule has 33 heavy (non-hydrogen) atoms. The molecule has 8 heteroatoms. The van der Waals surface area contributed by atoms with Crippen LogP contribution < -0.4 is 19.6 Å². The standard InChI is InChI=1S/C25H23FN2O5/c1-3-14-32-19-11-9-18(10-12-19)25(30)33-22-13-8-17(15-23(22)31-2)16-27-28-24(29)20-6-4-5-7-21(20)26/h4-13,15-16H,3,14H2,1-2H3,(H,28,29)/b27-16-. The van der Waals surface area contributed by atoms with Crippen LogP contribution in [0.25, 0.3) is 0 Å². The van der Waals surface area contributed by atoms with E-state index in [4.69, 9.17) is 14.2 Å². The Hall–Kier alpha value is -4.20. The van der Waals surface area contributed by atoms with E-state index >= 15 is 0 Å². The molecule has 1 amide bonds. The zero-order chi connectivity index (χ0) is 23.6. The number of carbonyl (C=O) groups is 2. The molecule has 3 aromatic rings. The molecule has 0 saturated heterocycles. The number of ether oxygens (including phenoxy) is 3. The number of methoxy groups -OCH3 is 1. The number of nitrogens with one attached hydrogen (secondary N) is 1. The van der Waals surface area contributed by atoms with Crippen molar-refractivity contribution in [2.24, 2.45) is 5.10 Å². The van der Waals surface area contributed by atoms with Crippen LogP contribution in [0, 0.1) is 5.82 Å². The Kier molecular flexibility index (Phi) is 8.13. The van der Waals surface area contributed by atoms with E-state index in [-0.39, 0.29) is 11.3 Å². The maximum atomic E-state index is 13.7. The van der Waals surface area contributed by atoms with Crippen molar-refractivity contribution in [2.45, 2.75) is 13.3 Å².